The SMILES string of the molecule is CC.CCN1CCC(NC)CC1.CN1CCS(=O)CC1. The van der Waals surface area contributed by atoms with Gasteiger partial charge in [-0.05, 0) is 46.6 Å². The van der Waals surface area contributed by atoms with Gasteiger partial charge in [-0.2, -0.15) is 0 Å². The number of piperidine rings is 1. The van der Waals surface area contributed by atoms with E-state index in [0.29, 0.717) is 0 Å². The molecule has 0 atom stereocenters. The van der Waals surface area contributed by atoms with Gasteiger partial charge in [0.25, 0.3) is 0 Å². The first kappa shape index (κ1) is 20.0. The van der Waals surface area contributed by atoms with E-state index in [1.807, 2.05) is 13.8 Å². The van der Waals surface area contributed by atoms with Crippen LogP contribution in [0.5, 0.6) is 0 Å². The zero-order valence-electron chi connectivity index (χ0n) is 14.2. The van der Waals surface area contributed by atoms with E-state index in [-0.39, 0.29) is 0 Å². The molecule has 2 rings (SSSR count). The van der Waals surface area contributed by atoms with Crippen molar-refractivity contribution in [2.24, 2.45) is 0 Å². The quantitative estimate of drug-likeness (QED) is 0.836. The summed E-state index contributed by atoms with van der Waals surface area (Å²) in [5, 5.41) is 3.32. The first-order valence-corrected chi connectivity index (χ1v) is 9.57. The third-order valence-electron chi connectivity index (χ3n) is 3.84. The van der Waals surface area contributed by atoms with Crippen LogP contribution in [0.3, 0.4) is 0 Å². The van der Waals surface area contributed by atoms with Crippen molar-refractivity contribution in [2.75, 3.05) is 58.3 Å². The zero-order valence-corrected chi connectivity index (χ0v) is 15.0. The van der Waals surface area contributed by atoms with E-state index in [0.717, 1.165) is 30.6 Å². The molecule has 2 heterocycles. The smallest absolute Gasteiger partial charge is 0.0362 e. The molecule has 0 bridgehead atoms. The Kier molecular flexibility index (Phi) is 12.8. The standard InChI is InChI=1S/C8H18N2.C5H11NOS.C2H6/c1-3-10-6-4-8(9-2)5-7-10;1-6-2-4-8(7)5-3-6;1-2/h8-9H,3-7H2,1-2H3;2-5H2,1H3;1-2H3. The average Bonchev–Trinajstić information content (AvgIpc) is 2.53. The third-order valence-corrected chi connectivity index (χ3v) is 5.12. The minimum Gasteiger partial charge on any atom is -0.317 e. The van der Waals surface area contributed by atoms with Crippen LogP contribution in [0, 0.1) is 0 Å². The van der Waals surface area contributed by atoms with Crippen molar-refractivity contribution in [1.29, 1.82) is 0 Å². The molecule has 4 nitrogen and oxygen atoms in total. The van der Waals surface area contributed by atoms with Gasteiger partial charge in [-0.15, -0.1) is 0 Å². The number of nitrogens with zero attached hydrogens (tertiary/aromatic N) is 2. The van der Waals surface area contributed by atoms with E-state index < -0.39 is 10.8 Å². The second-order valence-corrected chi connectivity index (χ2v) is 6.84. The largest absolute Gasteiger partial charge is 0.317 e. The van der Waals surface area contributed by atoms with Crippen LogP contribution in [0.25, 0.3) is 0 Å². The second kappa shape index (κ2) is 12.7. The van der Waals surface area contributed by atoms with Crippen LogP contribution in [0.2, 0.25) is 0 Å². The van der Waals surface area contributed by atoms with Crippen molar-refractivity contribution in [3.05, 3.63) is 0 Å². The normalized spacial score (nSPS) is 22.4. The molecule has 20 heavy (non-hydrogen) atoms. The molecule has 0 aliphatic carbocycles. The Hall–Kier alpha value is 0.0300. The van der Waals surface area contributed by atoms with Gasteiger partial charge in [-0.3, -0.25) is 4.21 Å². The first-order chi connectivity index (χ1) is 9.65. The minimum absolute atomic E-state index is 0.503. The van der Waals surface area contributed by atoms with Gasteiger partial charge in [0.15, 0.2) is 0 Å². The molecule has 1 N–H and O–H groups in total. The lowest BCUT2D eigenvalue weighted by Gasteiger charge is -2.30. The minimum atomic E-state index is -0.503. The summed E-state index contributed by atoms with van der Waals surface area (Å²) in [6.07, 6.45) is 2.65. The predicted octanol–water partition coefficient (Wildman–Crippen LogP) is 1.40. The molecule has 2 fully saturated rings. The van der Waals surface area contributed by atoms with Crippen LogP contribution in [0.1, 0.15) is 33.6 Å². The number of likely N-dealkylation sites (tertiary alicyclic amines) is 1. The molecule has 2 aliphatic heterocycles. The van der Waals surface area contributed by atoms with Gasteiger partial charge in [0, 0.05) is 41.4 Å². The first-order valence-electron chi connectivity index (χ1n) is 8.08. The highest BCUT2D eigenvalue weighted by Gasteiger charge is 2.15. The highest BCUT2D eigenvalue weighted by atomic mass is 32.2. The highest BCUT2D eigenvalue weighted by molar-refractivity contribution is 7.85. The maximum Gasteiger partial charge on any atom is 0.0362 e. The molecule has 5 heteroatoms. The van der Waals surface area contributed by atoms with Crippen LogP contribution in [0.4, 0.5) is 0 Å². The van der Waals surface area contributed by atoms with Crippen LogP contribution in [-0.4, -0.2) is 78.4 Å². The maximum atomic E-state index is 10.7. The molecule has 0 saturated carbocycles. The zero-order chi connectivity index (χ0) is 15.4. The summed E-state index contributed by atoms with van der Waals surface area (Å²) in [7, 11) is 3.63. The summed E-state index contributed by atoms with van der Waals surface area (Å²) in [4.78, 5) is 4.72. The fraction of sp³-hybridized carbons (Fsp3) is 1.00. The van der Waals surface area contributed by atoms with Gasteiger partial charge in [0.1, 0.15) is 0 Å². The van der Waals surface area contributed by atoms with Gasteiger partial charge in [0.2, 0.25) is 0 Å². The van der Waals surface area contributed by atoms with E-state index in [9.17, 15) is 4.21 Å². The second-order valence-electron chi connectivity index (χ2n) is 5.15. The molecule has 122 valence electrons. The van der Waals surface area contributed by atoms with E-state index in [1.54, 1.807) is 0 Å². The summed E-state index contributed by atoms with van der Waals surface area (Å²) in [6, 6.07) is 0.780. The monoisotopic (exact) mass is 305 g/mol. The lowest BCUT2D eigenvalue weighted by atomic mass is 10.1. The molecule has 0 radical (unpaired) electrons. The van der Waals surface area contributed by atoms with Crippen molar-refractivity contribution in [2.45, 2.75) is 39.7 Å². The Bertz CT molecular complexity index is 221. The topological polar surface area (TPSA) is 35.6 Å². The molecule has 0 spiro atoms. The van der Waals surface area contributed by atoms with Crippen molar-refractivity contribution in [1.82, 2.24) is 15.1 Å². The summed E-state index contributed by atoms with van der Waals surface area (Å²) >= 11 is 0. The Balaban J connectivity index is 0.000000327. The maximum absolute atomic E-state index is 10.7. The molecular formula is C15H35N3OS. The van der Waals surface area contributed by atoms with Crippen LogP contribution < -0.4 is 5.32 Å². The third kappa shape index (κ3) is 9.06. The van der Waals surface area contributed by atoms with Crippen molar-refractivity contribution < 1.29 is 4.21 Å². The van der Waals surface area contributed by atoms with E-state index in [1.165, 1.54) is 32.5 Å². The number of nitrogens with one attached hydrogen (secondary N) is 1. The van der Waals surface area contributed by atoms with Gasteiger partial charge < -0.3 is 15.1 Å². The fourth-order valence-corrected chi connectivity index (χ4v) is 3.50. The molecule has 0 aromatic heterocycles. The van der Waals surface area contributed by atoms with Gasteiger partial charge >= 0.3 is 0 Å². The van der Waals surface area contributed by atoms with Crippen LogP contribution in [-0.2, 0) is 10.8 Å². The van der Waals surface area contributed by atoms with E-state index in [2.05, 4.69) is 36.1 Å². The van der Waals surface area contributed by atoms with Crippen molar-refractivity contribution in [3.63, 3.8) is 0 Å². The van der Waals surface area contributed by atoms with E-state index in [4.69, 9.17) is 0 Å². The van der Waals surface area contributed by atoms with Crippen LogP contribution in [0.15, 0.2) is 0 Å². The van der Waals surface area contributed by atoms with Crippen LogP contribution >= 0.6 is 0 Å². The molecule has 0 unspecified atom stereocenters. The predicted molar refractivity (Wildman–Crippen MR) is 90.9 cm³/mol. The molecule has 0 aromatic rings. The summed E-state index contributed by atoms with van der Waals surface area (Å²) in [5.74, 6) is 1.74. The molecular weight excluding hydrogens is 270 g/mol. The molecule has 2 aliphatic rings. The molecule has 0 aromatic carbocycles. The average molecular weight is 306 g/mol. The van der Waals surface area contributed by atoms with Crippen molar-refractivity contribution >= 4 is 10.8 Å². The summed E-state index contributed by atoms with van der Waals surface area (Å²) in [5.41, 5.74) is 0. The Morgan fingerprint density at radius 2 is 1.60 bits per heavy atom. The highest BCUT2D eigenvalue weighted by Crippen LogP contribution is 2.08. The van der Waals surface area contributed by atoms with Gasteiger partial charge in [-0.1, -0.05) is 20.8 Å². The number of rotatable bonds is 2. The molecule has 2 saturated heterocycles. The lowest BCUT2D eigenvalue weighted by Crippen LogP contribution is -2.40. The summed E-state index contributed by atoms with van der Waals surface area (Å²) in [6.45, 7) is 12.0. The lowest BCUT2D eigenvalue weighted by molar-refractivity contribution is 0.211. The Morgan fingerprint density at radius 1 is 1.10 bits per heavy atom. The number of hydrogen-bond donors (Lipinski definition) is 1. The Morgan fingerprint density at radius 3 is 1.95 bits per heavy atom. The Labute approximate surface area is 128 Å². The fourth-order valence-electron chi connectivity index (χ4n) is 2.27. The summed E-state index contributed by atoms with van der Waals surface area (Å²) < 4.78 is 10.7. The van der Waals surface area contributed by atoms with Gasteiger partial charge in [0.05, 0.1) is 0 Å². The van der Waals surface area contributed by atoms with Crippen molar-refractivity contribution in [3.8, 4) is 0 Å². The van der Waals surface area contributed by atoms with Gasteiger partial charge in [-0.25, -0.2) is 0 Å². The molecule has 0 amide bonds. The van der Waals surface area contributed by atoms with E-state index >= 15 is 0 Å². The number of hydrogen-bond acceptors (Lipinski definition) is 4.